The number of anilines is 1. The van der Waals surface area contributed by atoms with Crippen LogP contribution in [0.1, 0.15) is 13.3 Å². The van der Waals surface area contributed by atoms with Crippen LogP contribution in [0.25, 0.3) is 11.0 Å². The van der Waals surface area contributed by atoms with E-state index in [4.69, 9.17) is 5.73 Å². The average molecular weight is 176 g/mol. The molecule has 0 unspecified atom stereocenters. The molecule has 1 aromatic carbocycles. The number of nitrogens with one attached hydrogen (secondary N) is 1. The van der Waals surface area contributed by atoms with Crippen LogP contribution in [0.15, 0.2) is 24.3 Å². The largest absolute Gasteiger partial charge is 0.353 e. The second-order valence-corrected chi connectivity index (χ2v) is 3.18. The zero-order chi connectivity index (χ0) is 9.26. The first kappa shape index (κ1) is 8.10. The van der Waals surface area contributed by atoms with Crippen molar-refractivity contribution in [1.29, 1.82) is 0 Å². The minimum absolute atomic E-state index is 0.739. The van der Waals surface area contributed by atoms with Crippen molar-refractivity contribution < 1.29 is 4.57 Å². The van der Waals surface area contributed by atoms with E-state index in [1.54, 1.807) is 0 Å². The number of benzene rings is 1. The molecule has 0 fully saturated rings. The van der Waals surface area contributed by atoms with Crippen molar-refractivity contribution in [3.05, 3.63) is 24.3 Å². The summed E-state index contributed by atoms with van der Waals surface area (Å²) in [6, 6.07) is 8.16. The zero-order valence-electron chi connectivity index (χ0n) is 7.75. The van der Waals surface area contributed by atoms with Gasteiger partial charge in [-0.15, -0.1) is 0 Å². The number of aromatic nitrogens is 2. The van der Waals surface area contributed by atoms with E-state index in [2.05, 4.69) is 22.5 Å². The van der Waals surface area contributed by atoms with Crippen LogP contribution in [0, 0.1) is 0 Å². The number of imidazole rings is 1. The van der Waals surface area contributed by atoms with Gasteiger partial charge in [0, 0.05) is 0 Å². The SMILES string of the molecule is CCC[n+]1c(N)[nH]c2ccccc21. The Balaban J connectivity index is 2.64. The number of fused-ring (bicyclic) bond motifs is 1. The molecule has 0 saturated heterocycles. The molecule has 13 heavy (non-hydrogen) atoms. The number of hydrogen-bond acceptors (Lipinski definition) is 1. The summed E-state index contributed by atoms with van der Waals surface area (Å²) in [5.41, 5.74) is 8.13. The Labute approximate surface area is 77.2 Å². The maximum Gasteiger partial charge on any atom is 0.353 e. The minimum Gasteiger partial charge on any atom is -0.290 e. The van der Waals surface area contributed by atoms with Gasteiger partial charge in [0.15, 0.2) is 0 Å². The Bertz CT molecular complexity index is 417. The molecule has 2 aromatic rings. The van der Waals surface area contributed by atoms with E-state index in [1.165, 1.54) is 5.52 Å². The number of aryl methyl sites for hydroxylation is 1. The quantitative estimate of drug-likeness (QED) is 0.668. The fraction of sp³-hybridized carbons (Fsp3) is 0.300. The first-order valence-electron chi connectivity index (χ1n) is 4.59. The van der Waals surface area contributed by atoms with Crippen molar-refractivity contribution in [3.8, 4) is 0 Å². The topological polar surface area (TPSA) is 45.7 Å². The second-order valence-electron chi connectivity index (χ2n) is 3.18. The van der Waals surface area contributed by atoms with E-state index in [0.717, 1.165) is 24.4 Å². The van der Waals surface area contributed by atoms with Crippen LogP contribution in [0.2, 0.25) is 0 Å². The number of para-hydroxylation sites is 2. The lowest BCUT2D eigenvalue weighted by atomic mass is 10.3. The highest BCUT2D eigenvalue weighted by atomic mass is 15.1. The molecule has 1 heterocycles. The Morgan fingerprint density at radius 2 is 2.15 bits per heavy atom. The lowest BCUT2D eigenvalue weighted by Gasteiger charge is -1.95. The maximum absolute atomic E-state index is 5.85. The summed E-state index contributed by atoms with van der Waals surface area (Å²) in [4.78, 5) is 3.15. The van der Waals surface area contributed by atoms with Gasteiger partial charge in [0.1, 0.15) is 11.0 Å². The number of rotatable bonds is 2. The van der Waals surface area contributed by atoms with Crippen molar-refractivity contribution in [2.75, 3.05) is 5.73 Å². The number of nitrogens with zero attached hydrogens (tertiary/aromatic N) is 1. The van der Waals surface area contributed by atoms with Gasteiger partial charge in [0.25, 0.3) is 0 Å². The molecule has 0 aliphatic heterocycles. The number of aromatic amines is 1. The van der Waals surface area contributed by atoms with Gasteiger partial charge in [-0.25, -0.2) is 9.55 Å². The standard InChI is InChI=1S/C10H13N3/c1-2-7-13-9-6-4-3-5-8(9)12-10(13)11/h3-6H,2,7H2,1H3,(H2,11,12)/p+1. The average Bonchev–Trinajstić information content (AvgIpc) is 2.44. The van der Waals surface area contributed by atoms with E-state index < -0.39 is 0 Å². The third-order valence-electron chi connectivity index (χ3n) is 2.20. The molecular weight excluding hydrogens is 162 g/mol. The predicted molar refractivity (Wildman–Crippen MR) is 53.2 cm³/mol. The molecule has 0 amide bonds. The van der Waals surface area contributed by atoms with Crippen LogP contribution in [0.5, 0.6) is 0 Å². The Morgan fingerprint density at radius 1 is 1.38 bits per heavy atom. The van der Waals surface area contributed by atoms with Crippen molar-refractivity contribution in [1.82, 2.24) is 4.98 Å². The zero-order valence-corrected chi connectivity index (χ0v) is 7.75. The summed E-state index contributed by atoms with van der Waals surface area (Å²) in [5, 5.41) is 0. The minimum atomic E-state index is 0.739. The molecule has 0 aliphatic rings. The molecule has 3 heteroatoms. The highest BCUT2D eigenvalue weighted by Crippen LogP contribution is 2.09. The molecule has 3 N–H and O–H groups in total. The highest BCUT2D eigenvalue weighted by Gasteiger charge is 2.11. The van der Waals surface area contributed by atoms with E-state index in [1.807, 2.05) is 18.2 Å². The molecule has 0 radical (unpaired) electrons. The number of nitrogen functional groups attached to an aromatic ring is 1. The molecular formula is C10H14N3+. The second kappa shape index (κ2) is 3.09. The Hall–Kier alpha value is -1.51. The van der Waals surface area contributed by atoms with Crippen molar-refractivity contribution in [2.45, 2.75) is 19.9 Å². The number of H-pyrrole nitrogens is 1. The van der Waals surface area contributed by atoms with Crippen molar-refractivity contribution in [3.63, 3.8) is 0 Å². The third-order valence-corrected chi connectivity index (χ3v) is 2.20. The summed E-state index contributed by atoms with van der Waals surface area (Å²) in [6.45, 7) is 3.12. The summed E-state index contributed by atoms with van der Waals surface area (Å²) < 4.78 is 2.11. The molecule has 0 aliphatic carbocycles. The summed E-state index contributed by atoms with van der Waals surface area (Å²) in [7, 11) is 0. The third kappa shape index (κ3) is 1.26. The van der Waals surface area contributed by atoms with E-state index in [0.29, 0.717) is 0 Å². The van der Waals surface area contributed by atoms with Gasteiger partial charge in [0.05, 0.1) is 6.54 Å². The number of nitrogens with two attached hydrogens (primary N) is 1. The van der Waals surface area contributed by atoms with Crippen molar-refractivity contribution in [2.24, 2.45) is 0 Å². The molecule has 0 atom stereocenters. The fourth-order valence-electron chi connectivity index (χ4n) is 1.61. The monoisotopic (exact) mass is 176 g/mol. The molecule has 0 bridgehead atoms. The van der Waals surface area contributed by atoms with Gasteiger partial charge < -0.3 is 0 Å². The summed E-state index contributed by atoms with van der Waals surface area (Å²) in [5.74, 6) is 0.739. The van der Waals surface area contributed by atoms with Crippen LogP contribution in [-0.2, 0) is 6.54 Å². The predicted octanol–water partition coefficient (Wildman–Crippen LogP) is 1.45. The molecule has 1 aromatic heterocycles. The van der Waals surface area contributed by atoms with Crippen LogP contribution < -0.4 is 10.3 Å². The fourth-order valence-corrected chi connectivity index (χ4v) is 1.61. The van der Waals surface area contributed by atoms with Gasteiger partial charge in [-0.05, 0) is 18.6 Å². The van der Waals surface area contributed by atoms with Crippen LogP contribution >= 0.6 is 0 Å². The van der Waals surface area contributed by atoms with Crippen LogP contribution in [0.4, 0.5) is 5.95 Å². The first-order valence-corrected chi connectivity index (χ1v) is 4.59. The molecule has 0 spiro atoms. The Morgan fingerprint density at radius 3 is 2.92 bits per heavy atom. The maximum atomic E-state index is 5.85. The lowest BCUT2D eigenvalue weighted by Crippen LogP contribution is -2.35. The lowest BCUT2D eigenvalue weighted by molar-refractivity contribution is -0.656. The summed E-state index contributed by atoms with van der Waals surface area (Å²) in [6.07, 6.45) is 1.09. The summed E-state index contributed by atoms with van der Waals surface area (Å²) >= 11 is 0. The normalized spacial score (nSPS) is 10.8. The molecule has 2 rings (SSSR count). The highest BCUT2D eigenvalue weighted by molar-refractivity contribution is 5.72. The Kier molecular flexibility index (Phi) is 1.93. The first-order chi connectivity index (χ1) is 6.33. The molecule has 3 nitrogen and oxygen atoms in total. The van der Waals surface area contributed by atoms with Crippen molar-refractivity contribution >= 4 is 17.0 Å². The van der Waals surface area contributed by atoms with E-state index in [9.17, 15) is 0 Å². The van der Waals surface area contributed by atoms with Gasteiger partial charge in [-0.3, -0.25) is 5.73 Å². The molecule has 68 valence electrons. The molecule has 0 saturated carbocycles. The van der Waals surface area contributed by atoms with Gasteiger partial charge in [0.2, 0.25) is 0 Å². The van der Waals surface area contributed by atoms with Crippen LogP contribution in [-0.4, -0.2) is 4.98 Å². The number of hydrogen-bond donors (Lipinski definition) is 2. The van der Waals surface area contributed by atoms with Crippen LogP contribution in [0.3, 0.4) is 0 Å². The smallest absolute Gasteiger partial charge is 0.290 e. The van der Waals surface area contributed by atoms with E-state index in [-0.39, 0.29) is 0 Å². The van der Waals surface area contributed by atoms with Gasteiger partial charge >= 0.3 is 5.95 Å². The van der Waals surface area contributed by atoms with Gasteiger partial charge in [-0.1, -0.05) is 19.1 Å². The van der Waals surface area contributed by atoms with Gasteiger partial charge in [-0.2, -0.15) is 0 Å². The van der Waals surface area contributed by atoms with E-state index >= 15 is 0 Å².